The third kappa shape index (κ3) is 5.77. The molecule has 11 heteroatoms. The fourth-order valence-electron chi connectivity index (χ4n) is 2.75. The molecule has 0 bridgehead atoms. The Morgan fingerprint density at radius 2 is 1.76 bits per heavy atom. The molecule has 2 rings (SSSR count). The number of rotatable bonds is 6. The summed E-state index contributed by atoms with van der Waals surface area (Å²) in [4.78, 5) is 12.8. The second-order valence-corrected chi connectivity index (χ2v) is 8.87. The number of alkyl halides is 3. The number of hydrogen-bond donors (Lipinski definition) is 1. The van der Waals surface area contributed by atoms with E-state index in [1.165, 1.54) is 30.3 Å². The van der Waals surface area contributed by atoms with Crippen LogP contribution in [-0.2, 0) is 21.0 Å². The molecule has 1 atom stereocenters. The number of sulfonamides is 1. The summed E-state index contributed by atoms with van der Waals surface area (Å²) in [5, 5.41) is 2.26. The summed E-state index contributed by atoms with van der Waals surface area (Å²) in [5.74, 6) is -0.925. The van der Waals surface area contributed by atoms with E-state index in [4.69, 9.17) is 23.2 Å². The standard InChI is InChI=1S/C18H17Cl2F3N2O3S/c1-3-16(25(29(2,27)28)13-6-4-5-11(19)9-13)17(26)24-15-8-7-12(20)10-14(15)18(21,22)23/h4-10,16H,3H2,1-2H3,(H,24,26)/t16-/m1/s1. The molecule has 1 N–H and O–H groups in total. The van der Waals surface area contributed by atoms with Gasteiger partial charge in [-0.25, -0.2) is 8.42 Å². The fourth-order valence-corrected chi connectivity index (χ4v) is 4.31. The summed E-state index contributed by atoms with van der Waals surface area (Å²) in [5.41, 5.74) is -1.54. The Bertz CT molecular complexity index is 1010. The molecular weight excluding hydrogens is 452 g/mol. The van der Waals surface area contributed by atoms with Crippen molar-refractivity contribution in [1.82, 2.24) is 0 Å². The molecule has 0 aliphatic heterocycles. The maximum Gasteiger partial charge on any atom is 0.418 e. The van der Waals surface area contributed by atoms with Gasteiger partial charge in [0.25, 0.3) is 0 Å². The van der Waals surface area contributed by atoms with Crippen LogP contribution >= 0.6 is 23.2 Å². The molecule has 0 aliphatic carbocycles. The Kier molecular flexibility index (Phi) is 7.08. The Hall–Kier alpha value is -1.97. The molecule has 5 nitrogen and oxygen atoms in total. The highest BCUT2D eigenvalue weighted by Crippen LogP contribution is 2.37. The number of carbonyl (C=O) groups is 1. The van der Waals surface area contributed by atoms with E-state index in [0.29, 0.717) is 6.07 Å². The van der Waals surface area contributed by atoms with Crippen LogP contribution in [0.2, 0.25) is 10.0 Å². The molecule has 0 spiro atoms. The summed E-state index contributed by atoms with van der Waals surface area (Å²) in [6.45, 7) is 1.54. The minimum atomic E-state index is -4.77. The maximum atomic E-state index is 13.3. The lowest BCUT2D eigenvalue weighted by Crippen LogP contribution is -2.47. The molecule has 0 fully saturated rings. The van der Waals surface area contributed by atoms with E-state index in [1.54, 1.807) is 6.92 Å². The van der Waals surface area contributed by atoms with Gasteiger partial charge in [0.05, 0.1) is 23.2 Å². The number of halogens is 5. The van der Waals surface area contributed by atoms with Crippen LogP contribution in [-0.4, -0.2) is 26.6 Å². The first kappa shape index (κ1) is 23.3. The minimum absolute atomic E-state index is 0.000355. The summed E-state index contributed by atoms with van der Waals surface area (Å²) in [6, 6.07) is 7.40. The predicted molar refractivity (Wildman–Crippen MR) is 108 cm³/mol. The van der Waals surface area contributed by atoms with Gasteiger partial charge in [0.1, 0.15) is 6.04 Å². The average molecular weight is 469 g/mol. The Morgan fingerprint density at radius 3 is 2.28 bits per heavy atom. The van der Waals surface area contributed by atoms with Crippen molar-refractivity contribution in [2.75, 3.05) is 15.9 Å². The highest BCUT2D eigenvalue weighted by molar-refractivity contribution is 7.92. The van der Waals surface area contributed by atoms with Gasteiger partial charge in [0, 0.05) is 10.0 Å². The van der Waals surface area contributed by atoms with Gasteiger partial charge in [-0.05, 0) is 42.8 Å². The van der Waals surface area contributed by atoms with Crippen molar-refractivity contribution in [3.63, 3.8) is 0 Å². The first-order chi connectivity index (χ1) is 13.3. The van der Waals surface area contributed by atoms with Gasteiger partial charge in [-0.2, -0.15) is 13.2 Å². The Balaban J connectivity index is 2.47. The first-order valence-electron chi connectivity index (χ1n) is 8.27. The van der Waals surface area contributed by atoms with Gasteiger partial charge in [-0.1, -0.05) is 36.2 Å². The zero-order valence-corrected chi connectivity index (χ0v) is 17.6. The van der Waals surface area contributed by atoms with Crippen LogP contribution in [0.25, 0.3) is 0 Å². The van der Waals surface area contributed by atoms with E-state index in [-0.39, 0.29) is 22.2 Å². The molecule has 158 valence electrons. The van der Waals surface area contributed by atoms with E-state index < -0.39 is 39.4 Å². The molecule has 0 unspecified atom stereocenters. The zero-order chi connectivity index (χ0) is 22.0. The molecule has 29 heavy (non-hydrogen) atoms. The summed E-state index contributed by atoms with van der Waals surface area (Å²) in [7, 11) is -3.96. The van der Waals surface area contributed by atoms with Crippen LogP contribution in [0.3, 0.4) is 0 Å². The van der Waals surface area contributed by atoms with Gasteiger partial charge in [0.2, 0.25) is 15.9 Å². The van der Waals surface area contributed by atoms with Gasteiger partial charge in [-0.3, -0.25) is 9.10 Å². The smallest absolute Gasteiger partial charge is 0.324 e. The third-order valence-electron chi connectivity index (χ3n) is 3.94. The fraction of sp³-hybridized carbons (Fsp3) is 0.278. The van der Waals surface area contributed by atoms with Crippen LogP contribution in [0.15, 0.2) is 42.5 Å². The lowest BCUT2D eigenvalue weighted by atomic mass is 10.1. The average Bonchev–Trinajstić information content (AvgIpc) is 2.58. The van der Waals surface area contributed by atoms with E-state index >= 15 is 0 Å². The van der Waals surface area contributed by atoms with Gasteiger partial charge < -0.3 is 5.32 Å². The predicted octanol–water partition coefficient (Wildman–Crippen LogP) is 5.20. The van der Waals surface area contributed by atoms with Gasteiger partial charge >= 0.3 is 6.18 Å². The Morgan fingerprint density at radius 1 is 1.14 bits per heavy atom. The number of amides is 1. The molecule has 0 aromatic heterocycles. The third-order valence-corrected chi connectivity index (χ3v) is 5.59. The van der Waals surface area contributed by atoms with E-state index in [1.807, 2.05) is 0 Å². The molecule has 0 aliphatic rings. The van der Waals surface area contributed by atoms with Crippen LogP contribution in [0, 0.1) is 0 Å². The lowest BCUT2D eigenvalue weighted by Gasteiger charge is -2.30. The lowest BCUT2D eigenvalue weighted by molar-refractivity contribution is -0.137. The largest absolute Gasteiger partial charge is 0.418 e. The number of nitrogens with one attached hydrogen (secondary N) is 1. The summed E-state index contributed by atoms with van der Waals surface area (Å²) in [6.07, 6.45) is -3.87. The van der Waals surface area contributed by atoms with Crippen LogP contribution < -0.4 is 9.62 Å². The molecule has 1 amide bonds. The number of nitrogens with zero attached hydrogens (tertiary/aromatic N) is 1. The van der Waals surface area contributed by atoms with Crippen molar-refractivity contribution >= 4 is 50.5 Å². The minimum Gasteiger partial charge on any atom is -0.324 e. The van der Waals surface area contributed by atoms with Crippen LogP contribution in [0.4, 0.5) is 24.5 Å². The van der Waals surface area contributed by atoms with Crippen LogP contribution in [0.5, 0.6) is 0 Å². The molecule has 0 saturated heterocycles. The van der Waals surface area contributed by atoms with E-state index in [0.717, 1.165) is 16.6 Å². The first-order valence-corrected chi connectivity index (χ1v) is 10.9. The Labute approximate surface area is 176 Å². The normalized spacial score (nSPS) is 13.1. The van der Waals surface area contributed by atoms with Crippen molar-refractivity contribution in [2.24, 2.45) is 0 Å². The number of carbonyl (C=O) groups excluding carboxylic acids is 1. The maximum absolute atomic E-state index is 13.3. The number of anilines is 2. The van der Waals surface area contributed by atoms with Crippen molar-refractivity contribution in [1.29, 1.82) is 0 Å². The van der Waals surface area contributed by atoms with Gasteiger partial charge in [0.15, 0.2) is 0 Å². The second-order valence-electron chi connectivity index (χ2n) is 6.14. The second kappa shape index (κ2) is 8.81. The molecule has 0 heterocycles. The van der Waals surface area contributed by atoms with Crippen molar-refractivity contribution < 1.29 is 26.4 Å². The summed E-state index contributed by atoms with van der Waals surface area (Å²) >= 11 is 11.6. The molecular formula is C18H17Cl2F3N2O3S. The molecule has 2 aromatic rings. The summed E-state index contributed by atoms with van der Waals surface area (Å²) < 4.78 is 65.4. The van der Waals surface area contributed by atoms with Gasteiger partial charge in [-0.15, -0.1) is 0 Å². The van der Waals surface area contributed by atoms with Crippen molar-refractivity contribution in [3.8, 4) is 0 Å². The van der Waals surface area contributed by atoms with Crippen LogP contribution in [0.1, 0.15) is 18.9 Å². The molecule has 0 saturated carbocycles. The monoisotopic (exact) mass is 468 g/mol. The highest BCUT2D eigenvalue weighted by atomic mass is 35.5. The topological polar surface area (TPSA) is 66.5 Å². The molecule has 0 radical (unpaired) electrons. The number of hydrogen-bond acceptors (Lipinski definition) is 3. The number of benzene rings is 2. The SMILES string of the molecule is CC[C@H](C(=O)Nc1ccc(Cl)cc1C(F)(F)F)N(c1cccc(Cl)c1)S(C)(=O)=O. The molecule has 2 aromatic carbocycles. The van der Waals surface area contributed by atoms with E-state index in [9.17, 15) is 26.4 Å². The zero-order valence-electron chi connectivity index (χ0n) is 15.3. The van der Waals surface area contributed by atoms with Crippen molar-refractivity contribution in [3.05, 3.63) is 58.1 Å². The highest BCUT2D eigenvalue weighted by Gasteiger charge is 2.36. The quantitative estimate of drug-likeness (QED) is 0.633. The van der Waals surface area contributed by atoms with Crippen molar-refractivity contribution in [2.45, 2.75) is 25.6 Å². The van der Waals surface area contributed by atoms with E-state index in [2.05, 4.69) is 5.32 Å².